The number of ether oxygens (including phenoxy) is 3. The van der Waals surface area contributed by atoms with Crippen molar-refractivity contribution in [3.8, 4) is 0 Å². The lowest BCUT2D eigenvalue weighted by atomic mass is 9.78. The van der Waals surface area contributed by atoms with Gasteiger partial charge in [0.05, 0.1) is 35.2 Å². The first-order valence-corrected chi connectivity index (χ1v) is 15.1. The molecule has 11 heteroatoms. The van der Waals surface area contributed by atoms with Gasteiger partial charge in [-0.1, -0.05) is 42.5 Å². The summed E-state index contributed by atoms with van der Waals surface area (Å²) in [5.41, 5.74) is 2.55. The second-order valence-corrected chi connectivity index (χ2v) is 11.8. The van der Waals surface area contributed by atoms with Crippen LogP contribution in [0.4, 0.5) is 0 Å². The van der Waals surface area contributed by atoms with Gasteiger partial charge in [0.25, 0.3) is 10.1 Å². The summed E-state index contributed by atoms with van der Waals surface area (Å²) in [6.07, 6.45) is 2.97. The van der Waals surface area contributed by atoms with Crippen molar-refractivity contribution in [1.29, 1.82) is 0 Å². The highest BCUT2D eigenvalue weighted by Gasteiger charge is 2.38. The van der Waals surface area contributed by atoms with Gasteiger partial charge in [0, 0.05) is 17.5 Å². The highest BCUT2D eigenvalue weighted by atomic mass is 32.2. The zero-order valence-corrected chi connectivity index (χ0v) is 26.3. The SMILES string of the molecule is CCOC(=O)C1=C(C)NC(C)=C(C(=O)OCC)C1c1ccccc1/C=C/C(=O)OC(C)(C)C.O=S(=O)(O)c1ccccc1. The maximum Gasteiger partial charge on any atom is 0.336 e. The summed E-state index contributed by atoms with van der Waals surface area (Å²) in [5, 5.41) is 3.12. The first-order valence-electron chi connectivity index (χ1n) is 13.7. The molecule has 0 atom stereocenters. The summed E-state index contributed by atoms with van der Waals surface area (Å²) in [4.78, 5) is 38.1. The molecule has 0 aliphatic carbocycles. The minimum absolute atomic E-state index is 0.0741. The molecule has 0 aromatic heterocycles. The predicted octanol–water partition coefficient (Wildman–Crippen LogP) is 5.34. The van der Waals surface area contributed by atoms with Crippen LogP contribution in [0.3, 0.4) is 0 Å². The van der Waals surface area contributed by atoms with E-state index in [0.29, 0.717) is 33.7 Å². The first kappa shape index (κ1) is 35.0. The standard InChI is InChI=1S/C26H33NO6.C6H6O3S/c1-8-31-24(29)21-16(3)27-17(4)22(25(30)32-9-2)23(21)19-13-11-10-12-18(19)14-15-20(28)33-26(5,6)7;7-10(8,9)6-4-2-1-3-5-6/h10-15,23,27H,8-9H2,1-7H3;1-5H,(H,7,8,9)/b15-14+;. The number of esters is 3. The Kier molecular flexibility index (Phi) is 12.5. The van der Waals surface area contributed by atoms with Gasteiger partial charge in [-0.2, -0.15) is 8.42 Å². The Balaban J connectivity index is 0.000000543. The van der Waals surface area contributed by atoms with Crippen molar-refractivity contribution in [3.05, 3.63) is 94.3 Å². The van der Waals surface area contributed by atoms with E-state index >= 15 is 0 Å². The molecule has 232 valence electrons. The smallest absolute Gasteiger partial charge is 0.336 e. The fourth-order valence-corrected chi connectivity index (χ4v) is 4.78. The zero-order chi connectivity index (χ0) is 32.4. The lowest BCUT2D eigenvalue weighted by molar-refractivity contribution is -0.148. The molecule has 0 spiro atoms. The zero-order valence-electron chi connectivity index (χ0n) is 25.5. The molecule has 0 unspecified atom stereocenters. The molecule has 0 fully saturated rings. The number of carbonyl (C=O) groups is 3. The van der Waals surface area contributed by atoms with Crippen LogP contribution in [0.5, 0.6) is 0 Å². The van der Waals surface area contributed by atoms with Crippen molar-refractivity contribution in [2.24, 2.45) is 0 Å². The Labute approximate surface area is 253 Å². The van der Waals surface area contributed by atoms with Crippen LogP contribution < -0.4 is 5.32 Å². The maximum absolute atomic E-state index is 13.0. The molecule has 1 aliphatic heterocycles. The van der Waals surface area contributed by atoms with Crippen LogP contribution in [0.25, 0.3) is 6.08 Å². The van der Waals surface area contributed by atoms with Crippen molar-refractivity contribution in [2.45, 2.75) is 64.9 Å². The molecule has 0 amide bonds. The Morgan fingerprint density at radius 3 is 1.79 bits per heavy atom. The lowest BCUT2D eigenvalue weighted by Gasteiger charge is -2.31. The van der Waals surface area contributed by atoms with Crippen LogP contribution >= 0.6 is 0 Å². The van der Waals surface area contributed by atoms with Crippen molar-refractivity contribution in [2.75, 3.05) is 13.2 Å². The number of dihydropyridines is 1. The molecule has 2 N–H and O–H groups in total. The third-order valence-corrected chi connectivity index (χ3v) is 6.77. The van der Waals surface area contributed by atoms with E-state index in [2.05, 4.69) is 5.32 Å². The monoisotopic (exact) mass is 613 g/mol. The first-order chi connectivity index (χ1) is 20.1. The summed E-state index contributed by atoms with van der Waals surface area (Å²) < 4.78 is 45.2. The molecule has 10 nitrogen and oxygen atoms in total. The van der Waals surface area contributed by atoms with Gasteiger partial charge in [0.2, 0.25) is 0 Å². The Morgan fingerprint density at radius 1 is 0.860 bits per heavy atom. The molecule has 0 saturated heterocycles. The highest BCUT2D eigenvalue weighted by molar-refractivity contribution is 7.85. The summed E-state index contributed by atoms with van der Waals surface area (Å²) in [6, 6.07) is 14.7. The number of hydrogen-bond donors (Lipinski definition) is 2. The van der Waals surface area contributed by atoms with Crippen molar-refractivity contribution < 1.29 is 41.6 Å². The second kappa shape index (κ2) is 15.3. The quantitative estimate of drug-likeness (QED) is 0.173. The van der Waals surface area contributed by atoms with Gasteiger partial charge in [-0.05, 0) is 77.8 Å². The van der Waals surface area contributed by atoms with Gasteiger partial charge in [-0.15, -0.1) is 0 Å². The second-order valence-electron chi connectivity index (χ2n) is 10.4. The molecule has 3 rings (SSSR count). The molecule has 43 heavy (non-hydrogen) atoms. The van der Waals surface area contributed by atoms with Crippen LogP contribution in [-0.2, 0) is 38.7 Å². The molecule has 0 radical (unpaired) electrons. The summed E-state index contributed by atoms with van der Waals surface area (Å²) in [6.45, 7) is 12.8. The number of carbonyl (C=O) groups excluding carboxylic acids is 3. The number of allylic oxidation sites excluding steroid dienone is 2. The van der Waals surface area contributed by atoms with Crippen molar-refractivity contribution in [1.82, 2.24) is 5.32 Å². The maximum atomic E-state index is 13.0. The largest absolute Gasteiger partial charge is 0.463 e. The average Bonchev–Trinajstić information content (AvgIpc) is 2.91. The third kappa shape index (κ3) is 10.2. The molecular formula is C32H39NO9S. The Bertz CT molecular complexity index is 1480. The third-order valence-electron chi connectivity index (χ3n) is 5.90. The highest BCUT2D eigenvalue weighted by Crippen LogP contribution is 2.41. The Morgan fingerprint density at radius 2 is 1.35 bits per heavy atom. The van der Waals surface area contributed by atoms with E-state index in [1.807, 2.05) is 24.3 Å². The van der Waals surface area contributed by atoms with Crippen molar-refractivity contribution in [3.63, 3.8) is 0 Å². The molecule has 2 aromatic carbocycles. The number of nitrogens with one attached hydrogen (secondary N) is 1. The van der Waals surface area contributed by atoms with Gasteiger partial charge in [-0.25, -0.2) is 14.4 Å². The summed E-state index contributed by atoms with van der Waals surface area (Å²) in [5.74, 6) is -2.26. The average molecular weight is 614 g/mol. The van der Waals surface area contributed by atoms with Gasteiger partial charge >= 0.3 is 17.9 Å². The van der Waals surface area contributed by atoms with E-state index in [0.717, 1.165) is 0 Å². The van der Waals surface area contributed by atoms with E-state index in [-0.39, 0.29) is 18.1 Å². The van der Waals surface area contributed by atoms with Gasteiger partial charge in [0.15, 0.2) is 0 Å². The number of rotatable bonds is 8. The number of hydrogen-bond acceptors (Lipinski definition) is 9. The predicted molar refractivity (Wildman–Crippen MR) is 162 cm³/mol. The van der Waals surface area contributed by atoms with Crippen LogP contribution in [0, 0.1) is 0 Å². The fourth-order valence-electron chi connectivity index (χ4n) is 4.28. The Hall–Kier alpha value is -4.22. The van der Waals surface area contributed by atoms with E-state index in [4.69, 9.17) is 18.8 Å². The normalized spacial score (nSPS) is 14.0. The van der Waals surface area contributed by atoms with E-state index in [1.165, 1.54) is 18.2 Å². The van der Waals surface area contributed by atoms with E-state index in [1.54, 1.807) is 72.7 Å². The molecule has 2 aromatic rings. The molecule has 1 aliphatic rings. The van der Waals surface area contributed by atoms with Crippen molar-refractivity contribution >= 4 is 34.1 Å². The molecule has 0 saturated carbocycles. The summed E-state index contributed by atoms with van der Waals surface area (Å²) >= 11 is 0. The van der Waals surface area contributed by atoms with Gasteiger partial charge in [-0.3, -0.25) is 4.55 Å². The van der Waals surface area contributed by atoms with Gasteiger partial charge in [0.1, 0.15) is 5.60 Å². The minimum Gasteiger partial charge on any atom is -0.463 e. The summed E-state index contributed by atoms with van der Waals surface area (Å²) in [7, 11) is -4.00. The fraction of sp³-hybridized carbons (Fsp3) is 0.344. The minimum atomic E-state index is -4.00. The van der Waals surface area contributed by atoms with Crippen LogP contribution in [-0.4, -0.2) is 49.7 Å². The van der Waals surface area contributed by atoms with Crippen LogP contribution in [0.2, 0.25) is 0 Å². The molecular weight excluding hydrogens is 574 g/mol. The lowest BCUT2D eigenvalue weighted by Crippen LogP contribution is -2.32. The van der Waals surface area contributed by atoms with E-state index < -0.39 is 39.5 Å². The van der Waals surface area contributed by atoms with Gasteiger partial charge < -0.3 is 19.5 Å². The molecule has 0 bridgehead atoms. The van der Waals surface area contributed by atoms with E-state index in [9.17, 15) is 22.8 Å². The molecule has 1 heterocycles. The van der Waals surface area contributed by atoms with Crippen LogP contribution in [0.1, 0.15) is 65.5 Å². The van der Waals surface area contributed by atoms with Crippen LogP contribution in [0.15, 0.2) is 88.1 Å². The number of benzene rings is 2. The topological polar surface area (TPSA) is 145 Å².